The molecule has 0 heterocycles. The van der Waals surface area contributed by atoms with Crippen molar-refractivity contribution in [3.05, 3.63) is 53.6 Å². The largest absolute Gasteiger partial charge is 0.378 e. The topological polar surface area (TPSA) is 27.1 Å². The van der Waals surface area contributed by atoms with Crippen LogP contribution in [0.1, 0.15) is 43.2 Å². The van der Waals surface area contributed by atoms with Crippen molar-refractivity contribution in [2.45, 2.75) is 32.1 Å². The molecule has 0 radical (unpaired) electrons. The molecule has 1 aromatic carbocycles. The summed E-state index contributed by atoms with van der Waals surface area (Å²) in [7, 11) is 4.09. The Hall–Kier alpha value is -1.83. The first-order valence-corrected chi connectivity index (χ1v) is 7.37. The van der Waals surface area contributed by atoms with Crippen LogP contribution < -0.4 is 4.90 Å². The van der Waals surface area contributed by atoms with Crippen molar-refractivity contribution < 1.29 is 0 Å². The van der Waals surface area contributed by atoms with Gasteiger partial charge in [0.1, 0.15) is 0 Å². The molecule has 0 aromatic heterocycles. The number of nitrogens with zero attached hydrogens (tertiary/aromatic N) is 1. The first-order chi connectivity index (χ1) is 9.63. The minimum Gasteiger partial charge on any atom is -0.378 e. The standard InChI is InChI=1S/C18H24N2/c1-4-5-10-18(19)17-13-15(20(2)3)11-12-16(17)14-8-6-7-9-14/h6-9,11-14,19H,4-5,10H2,1-3H3. The van der Waals surface area contributed by atoms with E-state index < -0.39 is 0 Å². The van der Waals surface area contributed by atoms with Gasteiger partial charge in [-0.2, -0.15) is 0 Å². The number of hydrogen-bond donors (Lipinski definition) is 1. The third kappa shape index (κ3) is 3.19. The average molecular weight is 268 g/mol. The highest BCUT2D eigenvalue weighted by atomic mass is 15.1. The zero-order valence-corrected chi connectivity index (χ0v) is 12.7. The van der Waals surface area contributed by atoms with Crippen LogP contribution in [0.2, 0.25) is 0 Å². The molecule has 0 amide bonds. The lowest BCUT2D eigenvalue weighted by atomic mass is 9.90. The van der Waals surface area contributed by atoms with E-state index in [9.17, 15) is 0 Å². The van der Waals surface area contributed by atoms with E-state index in [0.29, 0.717) is 5.92 Å². The maximum atomic E-state index is 8.41. The SMILES string of the molecule is CCCCC(=N)c1cc(N(C)C)ccc1C1C=CC=C1. The van der Waals surface area contributed by atoms with Crippen molar-refractivity contribution in [2.24, 2.45) is 0 Å². The minimum atomic E-state index is 0.322. The van der Waals surface area contributed by atoms with Crippen molar-refractivity contribution in [3.63, 3.8) is 0 Å². The van der Waals surface area contributed by atoms with E-state index in [2.05, 4.69) is 54.3 Å². The zero-order valence-electron chi connectivity index (χ0n) is 12.7. The van der Waals surface area contributed by atoms with Crippen LogP contribution in [0.3, 0.4) is 0 Å². The van der Waals surface area contributed by atoms with Crippen molar-refractivity contribution in [1.82, 2.24) is 0 Å². The fourth-order valence-corrected chi connectivity index (χ4v) is 2.50. The lowest BCUT2D eigenvalue weighted by Crippen LogP contribution is -2.12. The molecule has 106 valence electrons. The molecule has 0 saturated heterocycles. The van der Waals surface area contributed by atoms with Gasteiger partial charge in [-0.15, -0.1) is 0 Å². The lowest BCUT2D eigenvalue weighted by molar-refractivity contribution is 0.832. The summed E-state index contributed by atoms with van der Waals surface area (Å²) in [5.41, 5.74) is 4.28. The molecular formula is C18H24N2. The van der Waals surface area contributed by atoms with Gasteiger partial charge in [0, 0.05) is 37.0 Å². The summed E-state index contributed by atoms with van der Waals surface area (Å²) in [6.45, 7) is 2.17. The molecule has 20 heavy (non-hydrogen) atoms. The van der Waals surface area contributed by atoms with E-state index in [4.69, 9.17) is 5.41 Å². The second-order valence-electron chi connectivity index (χ2n) is 5.54. The van der Waals surface area contributed by atoms with Crippen molar-refractivity contribution in [3.8, 4) is 0 Å². The van der Waals surface area contributed by atoms with Crippen molar-refractivity contribution >= 4 is 11.4 Å². The van der Waals surface area contributed by atoms with Gasteiger partial charge in [-0.1, -0.05) is 43.7 Å². The number of nitrogens with one attached hydrogen (secondary N) is 1. The van der Waals surface area contributed by atoms with Crippen LogP contribution in [0.25, 0.3) is 0 Å². The molecule has 1 aromatic rings. The van der Waals surface area contributed by atoms with Crippen LogP contribution in [0.5, 0.6) is 0 Å². The Morgan fingerprint density at radius 1 is 1.20 bits per heavy atom. The summed E-state index contributed by atoms with van der Waals surface area (Å²) < 4.78 is 0. The molecular weight excluding hydrogens is 244 g/mol. The fraction of sp³-hybridized carbons (Fsp3) is 0.389. The van der Waals surface area contributed by atoms with Gasteiger partial charge in [0.15, 0.2) is 0 Å². The summed E-state index contributed by atoms with van der Waals surface area (Å²) >= 11 is 0. The second kappa shape index (κ2) is 6.56. The maximum Gasteiger partial charge on any atom is 0.0390 e. The highest BCUT2D eigenvalue weighted by Gasteiger charge is 2.16. The normalized spacial score (nSPS) is 13.9. The van der Waals surface area contributed by atoms with E-state index in [0.717, 1.165) is 36.2 Å². The Kier molecular flexibility index (Phi) is 4.78. The Morgan fingerprint density at radius 3 is 2.50 bits per heavy atom. The van der Waals surface area contributed by atoms with Crippen LogP contribution in [-0.2, 0) is 0 Å². The zero-order chi connectivity index (χ0) is 14.5. The lowest BCUT2D eigenvalue weighted by Gasteiger charge is -2.19. The Bertz CT molecular complexity index is 526. The summed E-state index contributed by atoms with van der Waals surface area (Å²) in [4.78, 5) is 2.10. The minimum absolute atomic E-state index is 0.322. The van der Waals surface area contributed by atoms with Gasteiger partial charge in [-0.05, 0) is 30.5 Å². The first kappa shape index (κ1) is 14.6. The van der Waals surface area contributed by atoms with Crippen LogP contribution in [-0.4, -0.2) is 19.8 Å². The van der Waals surface area contributed by atoms with Crippen LogP contribution in [0.4, 0.5) is 5.69 Å². The van der Waals surface area contributed by atoms with Gasteiger partial charge < -0.3 is 10.3 Å². The quantitative estimate of drug-likeness (QED) is 0.754. The van der Waals surface area contributed by atoms with Gasteiger partial charge in [-0.25, -0.2) is 0 Å². The van der Waals surface area contributed by atoms with E-state index in [1.54, 1.807) is 0 Å². The first-order valence-electron chi connectivity index (χ1n) is 7.37. The van der Waals surface area contributed by atoms with Crippen LogP contribution in [0, 0.1) is 5.41 Å². The monoisotopic (exact) mass is 268 g/mol. The number of hydrogen-bond acceptors (Lipinski definition) is 2. The highest BCUT2D eigenvalue weighted by molar-refractivity contribution is 6.00. The molecule has 0 unspecified atom stereocenters. The summed E-state index contributed by atoms with van der Waals surface area (Å²) in [5, 5.41) is 8.41. The Morgan fingerprint density at radius 2 is 1.90 bits per heavy atom. The third-order valence-electron chi connectivity index (χ3n) is 3.77. The van der Waals surface area contributed by atoms with Crippen molar-refractivity contribution in [1.29, 1.82) is 5.41 Å². The van der Waals surface area contributed by atoms with Gasteiger partial charge in [0.25, 0.3) is 0 Å². The Balaban J connectivity index is 2.37. The molecule has 1 N–H and O–H groups in total. The smallest absolute Gasteiger partial charge is 0.0390 e. The van der Waals surface area contributed by atoms with E-state index in [-0.39, 0.29) is 0 Å². The van der Waals surface area contributed by atoms with Crippen LogP contribution >= 0.6 is 0 Å². The molecule has 0 spiro atoms. The van der Waals surface area contributed by atoms with Crippen LogP contribution in [0.15, 0.2) is 42.5 Å². The van der Waals surface area contributed by atoms with Crippen molar-refractivity contribution in [2.75, 3.05) is 19.0 Å². The predicted molar refractivity (Wildman–Crippen MR) is 88.1 cm³/mol. The van der Waals surface area contributed by atoms with E-state index in [1.807, 2.05) is 14.1 Å². The molecule has 0 aliphatic heterocycles. The molecule has 0 fully saturated rings. The third-order valence-corrected chi connectivity index (χ3v) is 3.77. The molecule has 2 heteroatoms. The van der Waals surface area contributed by atoms with Gasteiger partial charge >= 0.3 is 0 Å². The number of anilines is 1. The second-order valence-corrected chi connectivity index (χ2v) is 5.54. The summed E-state index contributed by atoms with van der Waals surface area (Å²) in [6.07, 6.45) is 11.6. The number of rotatable bonds is 6. The van der Waals surface area contributed by atoms with E-state index in [1.165, 1.54) is 5.56 Å². The number of unbranched alkanes of at least 4 members (excludes halogenated alkanes) is 1. The summed E-state index contributed by atoms with van der Waals surface area (Å²) in [6, 6.07) is 6.48. The molecule has 2 nitrogen and oxygen atoms in total. The molecule has 0 atom stereocenters. The molecule has 0 bridgehead atoms. The average Bonchev–Trinajstić information content (AvgIpc) is 2.98. The molecule has 0 saturated carbocycles. The van der Waals surface area contributed by atoms with Gasteiger partial charge in [0.2, 0.25) is 0 Å². The predicted octanol–water partition coefficient (Wildman–Crippen LogP) is 4.52. The molecule has 1 aliphatic carbocycles. The summed E-state index contributed by atoms with van der Waals surface area (Å²) in [5.74, 6) is 0.322. The van der Waals surface area contributed by atoms with E-state index >= 15 is 0 Å². The number of benzene rings is 1. The Labute approximate surface area is 122 Å². The number of allylic oxidation sites excluding steroid dienone is 4. The van der Waals surface area contributed by atoms with Gasteiger partial charge in [0.05, 0.1) is 0 Å². The fourth-order valence-electron chi connectivity index (χ4n) is 2.50. The highest BCUT2D eigenvalue weighted by Crippen LogP contribution is 2.30. The maximum absolute atomic E-state index is 8.41. The van der Waals surface area contributed by atoms with Gasteiger partial charge in [-0.3, -0.25) is 0 Å². The molecule has 2 rings (SSSR count). The molecule has 1 aliphatic rings.